The summed E-state index contributed by atoms with van der Waals surface area (Å²) in [7, 11) is 1.94. The summed E-state index contributed by atoms with van der Waals surface area (Å²) < 4.78 is 24.4. The predicted octanol–water partition coefficient (Wildman–Crippen LogP) is 4.33. The van der Waals surface area contributed by atoms with Crippen molar-refractivity contribution in [1.29, 1.82) is 0 Å². The van der Waals surface area contributed by atoms with Crippen LogP contribution in [0.2, 0.25) is 5.02 Å². The standard InChI is InChI=1S/C49H62ClN11O10S/c1-59-40(23-31-7-8-31)37(26-55-59)43-38(50)27-53-47(58-43)56-34-9-11-35(12-10-34)60(49(67)71-30-32-5-3-2-4-6-32)29-42(63)51-15-17-68-19-21-70-22-20-69-18-16-52-48(66)54-25-36-24-33-28-61(46(65)44(33)72-36)39-13-14-41(62)57-45(39)64/h2-6,24,26-27,31,34-35,39H,7-23,25,28-30H2,1H3,(H,51,63)(H2,52,54,66)(H,53,56,58)(H,57,62,64). The molecule has 2 aliphatic carbocycles. The zero-order chi connectivity index (χ0) is 50.4. The molecule has 5 N–H and O–H groups in total. The fourth-order valence-electron chi connectivity index (χ4n) is 8.95. The topological polar surface area (TPSA) is 250 Å². The maximum atomic E-state index is 13.6. The number of halogens is 1. The van der Waals surface area contributed by atoms with Crippen LogP contribution in [0.5, 0.6) is 0 Å². The third-order valence-electron chi connectivity index (χ3n) is 13.0. The number of aryl methyl sites for hydroxylation is 1. The van der Waals surface area contributed by atoms with Gasteiger partial charge in [0.25, 0.3) is 5.91 Å². The highest BCUT2D eigenvalue weighted by Crippen LogP contribution is 2.37. The second kappa shape index (κ2) is 25.5. The third kappa shape index (κ3) is 14.5. The summed E-state index contributed by atoms with van der Waals surface area (Å²) in [6, 6.07) is 10.1. The number of fused-ring (bicyclic) bond motifs is 1. The van der Waals surface area contributed by atoms with Crippen molar-refractivity contribution in [3.63, 3.8) is 0 Å². The van der Waals surface area contributed by atoms with Crippen LogP contribution in [0.25, 0.3) is 11.3 Å². The van der Waals surface area contributed by atoms with Gasteiger partial charge in [-0.15, -0.1) is 11.3 Å². The van der Waals surface area contributed by atoms with E-state index in [9.17, 15) is 28.8 Å². The minimum Gasteiger partial charge on any atom is -0.445 e. The first kappa shape index (κ1) is 52.1. The monoisotopic (exact) mass is 1030 g/mol. The van der Waals surface area contributed by atoms with E-state index in [-0.39, 0.29) is 94.8 Å². The molecule has 1 saturated heterocycles. The maximum absolute atomic E-state index is 13.6. The first-order chi connectivity index (χ1) is 35.0. The molecule has 0 radical (unpaired) electrons. The zero-order valence-corrected chi connectivity index (χ0v) is 41.9. The SMILES string of the molecule is Cn1ncc(-c2nc(NC3CCC(N(CC(=O)NCCOCCOCCOCCNC(=O)NCc4cc5c(s4)C(=O)N(C4CCC(=O)NC4=O)C5)C(=O)OCc4ccccc4)CC3)ncc2Cl)c1CC1CC1. The molecular formula is C49H62ClN11O10S. The van der Waals surface area contributed by atoms with E-state index in [1.54, 1.807) is 6.20 Å². The normalized spacial score (nSPS) is 18.6. The van der Waals surface area contributed by atoms with E-state index < -0.39 is 18.0 Å². The molecule has 21 nitrogen and oxygen atoms in total. The highest BCUT2D eigenvalue weighted by atomic mass is 35.5. The van der Waals surface area contributed by atoms with Gasteiger partial charge in [-0.25, -0.2) is 19.6 Å². The lowest BCUT2D eigenvalue weighted by Gasteiger charge is -2.36. The maximum Gasteiger partial charge on any atom is 0.410 e. The molecule has 3 aromatic heterocycles. The van der Waals surface area contributed by atoms with Gasteiger partial charge in [0.15, 0.2) is 0 Å². The number of imide groups is 1. The van der Waals surface area contributed by atoms with E-state index in [4.69, 9.17) is 35.5 Å². The molecule has 1 unspecified atom stereocenters. The number of carbonyl (C=O) groups is 6. The Labute approximate surface area is 426 Å². The summed E-state index contributed by atoms with van der Waals surface area (Å²) >= 11 is 7.90. The van der Waals surface area contributed by atoms with Crippen molar-refractivity contribution in [2.75, 3.05) is 64.6 Å². The van der Waals surface area contributed by atoms with Gasteiger partial charge in [0, 0.05) is 61.3 Å². The lowest BCUT2D eigenvalue weighted by molar-refractivity contribution is -0.137. The van der Waals surface area contributed by atoms with Gasteiger partial charge in [0.2, 0.25) is 23.7 Å². The number of urea groups is 1. The number of ether oxygens (including phenoxy) is 4. The minimum absolute atomic E-state index is 0.0516. The Morgan fingerprint density at radius 2 is 1.61 bits per heavy atom. The van der Waals surface area contributed by atoms with E-state index in [2.05, 4.69) is 36.7 Å². The van der Waals surface area contributed by atoms with E-state index in [1.807, 2.05) is 54.3 Å². The van der Waals surface area contributed by atoms with Crippen LogP contribution in [0.4, 0.5) is 15.5 Å². The van der Waals surface area contributed by atoms with E-state index in [0.717, 1.165) is 46.5 Å². The van der Waals surface area contributed by atoms with Gasteiger partial charge in [0.05, 0.1) is 74.2 Å². The number of nitrogens with one attached hydrogen (secondary N) is 5. The molecule has 0 bridgehead atoms. The Kier molecular flexibility index (Phi) is 18.4. The molecule has 7 amide bonds. The highest BCUT2D eigenvalue weighted by Gasteiger charge is 2.40. The number of amides is 7. The van der Waals surface area contributed by atoms with Gasteiger partial charge >= 0.3 is 12.1 Å². The molecule has 72 heavy (non-hydrogen) atoms. The van der Waals surface area contributed by atoms with Crippen molar-refractivity contribution in [3.05, 3.63) is 80.4 Å². The van der Waals surface area contributed by atoms with Crippen LogP contribution in [-0.2, 0) is 66.5 Å². The number of carbonyl (C=O) groups excluding carboxylic acids is 6. The van der Waals surface area contributed by atoms with Gasteiger partial charge in [0.1, 0.15) is 19.2 Å². The largest absolute Gasteiger partial charge is 0.445 e. The van der Waals surface area contributed by atoms with Gasteiger partial charge in [-0.1, -0.05) is 41.9 Å². The first-order valence-electron chi connectivity index (χ1n) is 24.5. The zero-order valence-electron chi connectivity index (χ0n) is 40.3. The minimum atomic E-state index is -0.661. The number of hydrogen-bond donors (Lipinski definition) is 5. The molecule has 386 valence electrons. The van der Waals surface area contributed by atoms with Crippen LogP contribution < -0.4 is 26.6 Å². The number of nitrogens with zero attached hydrogens (tertiary/aromatic N) is 6. The summed E-state index contributed by atoms with van der Waals surface area (Å²) in [5.74, 6) is -0.190. The van der Waals surface area contributed by atoms with E-state index >= 15 is 0 Å². The lowest BCUT2D eigenvalue weighted by atomic mass is 9.90. The Morgan fingerprint density at radius 3 is 2.32 bits per heavy atom. The molecule has 3 fully saturated rings. The van der Waals surface area contributed by atoms with Crippen molar-refractivity contribution in [2.45, 2.75) is 95.6 Å². The summed E-state index contributed by atoms with van der Waals surface area (Å²) in [5, 5.41) is 19.1. The number of rotatable bonds is 25. The lowest BCUT2D eigenvalue weighted by Crippen LogP contribution is -2.52. The van der Waals surface area contributed by atoms with Crippen LogP contribution in [0, 0.1) is 5.92 Å². The average Bonchev–Trinajstić information content (AvgIpc) is 3.89. The van der Waals surface area contributed by atoms with Crippen LogP contribution in [0.3, 0.4) is 0 Å². The van der Waals surface area contributed by atoms with Crippen molar-refractivity contribution in [3.8, 4) is 11.3 Å². The molecule has 4 aromatic rings. The number of anilines is 1. The smallest absolute Gasteiger partial charge is 0.410 e. The fraction of sp³-hybridized carbons (Fsp3) is 0.531. The molecule has 23 heteroatoms. The molecule has 8 rings (SSSR count). The number of benzene rings is 1. The van der Waals surface area contributed by atoms with Crippen LogP contribution >= 0.6 is 22.9 Å². The highest BCUT2D eigenvalue weighted by molar-refractivity contribution is 7.14. The molecule has 2 saturated carbocycles. The summed E-state index contributed by atoms with van der Waals surface area (Å²) in [4.78, 5) is 89.5. The first-order valence-corrected chi connectivity index (χ1v) is 25.7. The van der Waals surface area contributed by atoms with Crippen LogP contribution in [0.1, 0.15) is 82.7 Å². The quantitative estimate of drug-likeness (QED) is 0.0458. The van der Waals surface area contributed by atoms with Crippen molar-refractivity contribution in [1.82, 2.24) is 50.8 Å². The van der Waals surface area contributed by atoms with Gasteiger partial charge < -0.3 is 45.1 Å². The fourth-order valence-corrected chi connectivity index (χ4v) is 10.2. The Bertz CT molecular complexity index is 2530. The average molecular weight is 1030 g/mol. The van der Waals surface area contributed by atoms with Crippen molar-refractivity contribution >= 4 is 64.6 Å². The Morgan fingerprint density at radius 1 is 0.889 bits per heavy atom. The van der Waals surface area contributed by atoms with E-state index in [0.29, 0.717) is 73.1 Å². The molecule has 2 aliphatic heterocycles. The molecular weight excluding hydrogens is 970 g/mol. The van der Waals surface area contributed by atoms with Gasteiger partial charge in [-0.2, -0.15) is 5.10 Å². The van der Waals surface area contributed by atoms with Crippen molar-refractivity contribution < 1.29 is 47.7 Å². The summed E-state index contributed by atoms with van der Waals surface area (Å²) in [5.41, 5.74) is 4.34. The summed E-state index contributed by atoms with van der Waals surface area (Å²) in [6.07, 6.45) is 9.50. The second-order valence-electron chi connectivity index (χ2n) is 18.2. The third-order valence-corrected chi connectivity index (χ3v) is 14.4. The molecule has 5 heterocycles. The Balaban J connectivity index is 0.675. The second-order valence-corrected chi connectivity index (χ2v) is 19.8. The number of aromatic nitrogens is 4. The van der Waals surface area contributed by atoms with E-state index in [1.165, 1.54) is 34.0 Å². The molecule has 1 aromatic carbocycles. The number of piperidine rings is 1. The van der Waals surface area contributed by atoms with Crippen LogP contribution in [0.15, 0.2) is 48.8 Å². The molecule has 4 aliphatic rings. The van der Waals surface area contributed by atoms with Gasteiger partial charge in [-0.05, 0) is 74.5 Å². The predicted molar refractivity (Wildman–Crippen MR) is 265 cm³/mol. The molecule has 1 atom stereocenters. The Hall–Kier alpha value is -6.20. The van der Waals surface area contributed by atoms with Gasteiger partial charge in [-0.3, -0.25) is 34.1 Å². The number of hydrogen-bond acceptors (Lipinski definition) is 15. The van der Waals surface area contributed by atoms with Crippen LogP contribution in [-0.4, -0.2) is 143 Å². The molecule has 0 spiro atoms. The van der Waals surface area contributed by atoms with Crippen molar-refractivity contribution in [2.24, 2.45) is 13.0 Å². The summed E-state index contributed by atoms with van der Waals surface area (Å²) in [6.45, 7) is 2.79. The number of thiophene rings is 1.